The fourth-order valence-corrected chi connectivity index (χ4v) is 12.5. The second-order valence-electron chi connectivity index (χ2n) is 21.4. The predicted octanol–water partition coefficient (Wildman–Crippen LogP) is 6.93. The number of carbonyl (C=O) groups excluding carboxylic acids is 7. The van der Waals surface area contributed by atoms with Crippen LogP contribution in [-0.4, -0.2) is 120 Å². The highest BCUT2D eigenvalue weighted by Gasteiger charge is 2.67. The smallest absolute Gasteiger partial charge is 0.306 e. The van der Waals surface area contributed by atoms with Crippen molar-refractivity contribution in [1.82, 2.24) is 5.32 Å². The molecule has 1 N–H and O–H groups in total. The molecular formula is C53H76N4O14. The molecule has 8 bridgehead atoms. The first-order valence-electron chi connectivity index (χ1n) is 24.3. The van der Waals surface area contributed by atoms with E-state index in [1.54, 1.807) is 0 Å². The van der Waals surface area contributed by atoms with Gasteiger partial charge in [-0.15, -0.1) is 0 Å². The predicted molar refractivity (Wildman–Crippen MR) is 263 cm³/mol. The maximum absolute atomic E-state index is 14.0. The van der Waals surface area contributed by atoms with Crippen molar-refractivity contribution in [2.75, 3.05) is 49.8 Å². The number of hydrogen-bond acceptors (Lipinski definition) is 18. The molecule has 0 aliphatic carbocycles. The fraction of sp³-hybridized carbons (Fsp3) is 0.698. The average Bonchev–Trinajstić information content (AvgIpc) is 3.93. The second kappa shape index (κ2) is 21.2. The topological polar surface area (TPSA) is 233 Å². The maximum atomic E-state index is 14.0. The molecule has 392 valence electrons. The normalized spacial score (nSPS) is 34.2. The zero-order chi connectivity index (χ0) is 53.2. The zero-order valence-electron chi connectivity index (χ0n) is 44.7. The lowest BCUT2D eigenvalue weighted by Crippen LogP contribution is -2.55. The van der Waals surface area contributed by atoms with Crippen LogP contribution in [-0.2, 0) is 66.7 Å². The number of esters is 7. The Balaban J connectivity index is 2.08. The van der Waals surface area contributed by atoms with Gasteiger partial charge in [-0.05, 0) is 63.7 Å². The molecular weight excluding hydrogens is 917 g/mol. The van der Waals surface area contributed by atoms with Crippen LogP contribution in [0.3, 0.4) is 0 Å². The molecule has 1 fully saturated rings. The monoisotopic (exact) mass is 993 g/mol. The van der Waals surface area contributed by atoms with Crippen LogP contribution >= 0.6 is 0 Å². The van der Waals surface area contributed by atoms with Crippen LogP contribution in [0.4, 0.5) is 0 Å². The third kappa shape index (κ3) is 9.84. The highest BCUT2D eigenvalue weighted by molar-refractivity contribution is 6.10. The zero-order valence-corrected chi connectivity index (χ0v) is 44.7. The molecule has 71 heavy (non-hydrogen) atoms. The van der Waals surface area contributed by atoms with Crippen LogP contribution in [0.15, 0.2) is 49.3 Å². The number of methoxy groups -OCH3 is 7. The molecule has 0 spiro atoms. The minimum absolute atomic E-state index is 0.0117. The molecule has 1 saturated heterocycles. The minimum Gasteiger partial charge on any atom is -0.469 e. The van der Waals surface area contributed by atoms with Gasteiger partial charge in [0, 0.05) is 105 Å². The number of aliphatic imine (C=N–C) groups is 3. The van der Waals surface area contributed by atoms with Gasteiger partial charge in [0.15, 0.2) is 0 Å². The van der Waals surface area contributed by atoms with Gasteiger partial charge in [0.05, 0.1) is 80.6 Å². The summed E-state index contributed by atoms with van der Waals surface area (Å²) in [7, 11) is 9.22. The van der Waals surface area contributed by atoms with E-state index in [0.29, 0.717) is 51.8 Å². The van der Waals surface area contributed by atoms with E-state index in [1.165, 1.54) is 49.8 Å². The molecule has 5 aliphatic rings. The summed E-state index contributed by atoms with van der Waals surface area (Å²) in [5, 5.41) is 3.77. The van der Waals surface area contributed by atoms with Gasteiger partial charge in [-0.2, -0.15) is 0 Å². The molecule has 5 heterocycles. The van der Waals surface area contributed by atoms with Gasteiger partial charge in [-0.25, -0.2) is 0 Å². The summed E-state index contributed by atoms with van der Waals surface area (Å²) in [6.45, 7) is 17.7. The molecule has 0 radical (unpaired) electrons. The molecule has 0 aromatic rings. The number of ether oxygens (including phenoxy) is 7. The summed E-state index contributed by atoms with van der Waals surface area (Å²) in [6.07, 6.45) is 2.31. The second-order valence-corrected chi connectivity index (χ2v) is 21.4. The first kappa shape index (κ1) is 56.2. The number of rotatable bonds is 18. The number of fused-ring (bicyclic) bond motifs is 6. The standard InChI is InChI=1S/C53H76N4O14/c1-29-43-31(17-19-36(58)65-10)48(3,4)34(54-43)26-35-50(6,24-22-39(61)68-13)52(8,28-42(64)71-16)46(55-35)30(2)44-32(18-20-37(59)66-11)51(7,27-41(63)70-15)53(9,57-44)47-33(25-40(62)69-14)49(5,45(29)56-47)23-21-38(60)67-12/h26,31-33,47,55H,17-25,27-28H2,1-16H3/b35-26-,43-29-,46-30-/t31-,32-,33+,47?,49-,50-,51+,52-,53-/m1/s1. The van der Waals surface area contributed by atoms with Crippen molar-refractivity contribution in [3.63, 3.8) is 0 Å². The Morgan fingerprint density at radius 1 is 0.592 bits per heavy atom. The number of nitrogens with zero attached hydrogens (tertiary/aromatic N) is 3. The first-order valence-corrected chi connectivity index (χ1v) is 24.3. The average molecular weight is 993 g/mol. The van der Waals surface area contributed by atoms with Gasteiger partial charge in [-0.3, -0.25) is 48.5 Å². The summed E-state index contributed by atoms with van der Waals surface area (Å²) in [4.78, 5) is 111. The highest BCUT2D eigenvalue weighted by Crippen LogP contribution is 2.64. The molecule has 0 saturated carbocycles. The van der Waals surface area contributed by atoms with Crippen LogP contribution < -0.4 is 5.32 Å². The van der Waals surface area contributed by atoms with Crippen molar-refractivity contribution in [3.8, 4) is 0 Å². The van der Waals surface area contributed by atoms with Gasteiger partial charge < -0.3 is 38.5 Å². The van der Waals surface area contributed by atoms with Crippen LogP contribution in [0.1, 0.15) is 133 Å². The summed E-state index contributed by atoms with van der Waals surface area (Å²) in [6, 6.07) is -0.895. The molecule has 5 aliphatic heterocycles. The molecule has 5 rings (SSSR count). The van der Waals surface area contributed by atoms with E-state index in [1.807, 2.05) is 54.5 Å². The van der Waals surface area contributed by atoms with E-state index < -0.39 is 98.2 Å². The van der Waals surface area contributed by atoms with E-state index in [4.69, 9.17) is 48.1 Å². The van der Waals surface area contributed by atoms with Crippen molar-refractivity contribution < 1.29 is 66.7 Å². The Kier molecular flexibility index (Phi) is 16.8. The molecule has 0 amide bonds. The Morgan fingerprint density at radius 2 is 1.08 bits per heavy atom. The molecule has 18 heteroatoms. The molecule has 0 aromatic carbocycles. The summed E-state index contributed by atoms with van der Waals surface area (Å²) in [5.41, 5.74) is -1.67. The van der Waals surface area contributed by atoms with Gasteiger partial charge in [0.1, 0.15) is 0 Å². The Labute approximate surface area is 418 Å². The quantitative estimate of drug-likeness (QED) is 0.108. The third-order valence-electron chi connectivity index (χ3n) is 17.6. The van der Waals surface area contributed by atoms with Crippen LogP contribution in [0.2, 0.25) is 0 Å². The Hall–Kier alpha value is -5.68. The largest absolute Gasteiger partial charge is 0.469 e. The van der Waals surface area contributed by atoms with Gasteiger partial charge in [0.25, 0.3) is 0 Å². The van der Waals surface area contributed by atoms with Crippen LogP contribution in [0.25, 0.3) is 0 Å². The highest BCUT2D eigenvalue weighted by atomic mass is 16.5. The minimum atomic E-state index is -1.38. The van der Waals surface area contributed by atoms with Crippen molar-refractivity contribution in [1.29, 1.82) is 0 Å². The summed E-state index contributed by atoms with van der Waals surface area (Å²) in [5.74, 6) is -5.20. The number of hydrogen-bond donors (Lipinski definition) is 1. The van der Waals surface area contributed by atoms with E-state index in [0.717, 1.165) is 0 Å². The lowest BCUT2D eigenvalue weighted by atomic mass is 9.55. The van der Waals surface area contributed by atoms with Crippen LogP contribution in [0, 0.1) is 44.8 Å². The van der Waals surface area contributed by atoms with Crippen molar-refractivity contribution in [3.05, 3.63) is 34.3 Å². The molecule has 1 unspecified atom stereocenters. The molecule has 9 atom stereocenters. The van der Waals surface area contributed by atoms with E-state index in [-0.39, 0.29) is 64.2 Å². The number of allylic oxidation sites excluding steroid dienone is 6. The number of nitrogens with one attached hydrogen (secondary N) is 1. The first-order chi connectivity index (χ1) is 33.2. The number of carbonyl (C=O) groups is 7. The Bertz CT molecular complexity index is 2400. The van der Waals surface area contributed by atoms with Gasteiger partial charge >= 0.3 is 41.8 Å². The van der Waals surface area contributed by atoms with Crippen molar-refractivity contribution >= 4 is 58.9 Å². The maximum Gasteiger partial charge on any atom is 0.306 e. The summed E-state index contributed by atoms with van der Waals surface area (Å²) >= 11 is 0. The molecule has 0 aromatic heterocycles. The van der Waals surface area contributed by atoms with Crippen molar-refractivity contribution in [2.45, 2.75) is 145 Å². The van der Waals surface area contributed by atoms with Crippen LogP contribution in [0.5, 0.6) is 0 Å². The van der Waals surface area contributed by atoms with E-state index in [9.17, 15) is 33.6 Å². The summed E-state index contributed by atoms with van der Waals surface area (Å²) < 4.78 is 36.9. The van der Waals surface area contributed by atoms with E-state index >= 15 is 0 Å². The van der Waals surface area contributed by atoms with Gasteiger partial charge in [0.2, 0.25) is 0 Å². The SMILES string of the molecule is COC(=O)CC[C@@H]1/C2=C(\C)C3=NC([C@H](CC(=O)OC)[C@@]3(C)CCC(=O)OC)[C@@]3(C)N=C(/C(C)=C4\N/C(=C\C(=N2)C1(C)C)[C@@](C)(CCC(=O)OC)[C@]4(C)CC(=O)OC)[C@@H](CCC(=O)OC)[C@]3(C)CC(=O)OC. The van der Waals surface area contributed by atoms with E-state index in [2.05, 4.69) is 19.2 Å². The lowest BCUT2D eigenvalue weighted by Gasteiger charge is -2.48. The lowest BCUT2D eigenvalue weighted by molar-refractivity contribution is -0.147. The van der Waals surface area contributed by atoms with Crippen molar-refractivity contribution in [2.24, 2.45) is 59.8 Å². The third-order valence-corrected chi connectivity index (χ3v) is 17.6. The molecule has 18 nitrogen and oxygen atoms in total. The van der Waals surface area contributed by atoms with Gasteiger partial charge in [-0.1, -0.05) is 41.5 Å². The Morgan fingerprint density at radius 3 is 1.62 bits per heavy atom. The fourth-order valence-electron chi connectivity index (χ4n) is 12.5.